The van der Waals surface area contributed by atoms with Gasteiger partial charge < -0.3 is 9.84 Å². The van der Waals surface area contributed by atoms with E-state index in [9.17, 15) is 5.11 Å². The Bertz CT molecular complexity index is 293. The molecule has 0 saturated carbocycles. The molecule has 2 nitrogen and oxygen atoms in total. The zero-order chi connectivity index (χ0) is 12.4. The van der Waals surface area contributed by atoms with Crippen LogP contribution in [-0.4, -0.2) is 32.0 Å². The van der Waals surface area contributed by atoms with Crippen LogP contribution in [0.4, 0.5) is 0 Å². The van der Waals surface area contributed by atoms with Crippen LogP contribution in [0.15, 0.2) is 0 Å². The number of hydrogen-bond acceptors (Lipinski definition) is 2. The minimum absolute atomic E-state index is 0.261. The second kappa shape index (κ2) is 4.91. The summed E-state index contributed by atoms with van der Waals surface area (Å²) in [5.41, 5.74) is 3.40. The molecule has 0 aromatic carbocycles. The van der Waals surface area contributed by atoms with E-state index in [-0.39, 0.29) is 11.1 Å². The molecule has 2 atom stereocenters. The zero-order valence-electron chi connectivity index (χ0n) is 11.1. The van der Waals surface area contributed by atoms with Gasteiger partial charge in [-0.05, 0) is 17.9 Å². The molecular weight excluding hydrogens is 216 g/mol. The highest BCUT2D eigenvalue weighted by Crippen LogP contribution is 2.35. The molecule has 0 spiro atoms. The molecule has 0 aromatic heterocycles. The highest BCUT2D eigenvalue weighted by atomic mass is 28.3. The van der Waals surface area contributed by atoms with Crippen molar-refractivity contribution in [2.45, 2.75) is 64.0 Å². The van der Waals surface area contributed by atoms with Crippen molar-refractivity contribution >= 4 is 8.07 Å². The molecule has 1 heterocycles. The van der Waals surface area contributed by atoms with Crippen LogP contribution < -0.4 is 0 Å². The number of aliphatic hydroxyl groups is 1. The predicted molar refractivity (Wildman–Crippen MR) is 70.0 cm³/mol. The lowest BCUT2D eigenvalue weighted by Gasteiger charge is -2.32. The SMILES string of the molecule is CC(C)(C)[Si](C)(C)C#C[C@H]1OCCC[C@H]1O. The summed E-state index contributed by atoms with van der Waals surface area (Å²) in [6, 6.07) is 0. The molecule has 16 heavy (non-hydrogen) atoms. The van der Waals surface area contributed by atoms with E-state index in [4.69, 9.17) is 4.74 Å². The van der Waals surface area contributed by atoms with Gasteiger partial charge in [0, 0.05) is 6.61 Å². The van der Waals surface area contributed by atoms with Crippen molar-refractivity contribution in [3.05, 3.63) is 0 Å². The quantitative estimate of drug-likeness (QED) is 0.521. The summed E-state index contributed by atoms with van der Waals surface area (Å²) in [5.74, 6) is 3.16. The van der Waals surface area contributed by atoms with E-state index in [2.05, 4.69) is 45.3 Å². The van der Waals surface area contributed by atoms with Crippen molar-refractivity contribution in [3.63, 3.8) is 0 Å². The molecule has 1 saturated heterocycles. The smallest absolute Gasteiger partial charge is 0.143 e. The fraction of sp³-hybridized carbons (Fsp3) is 0.846. The van der Waals surface area contributed by atoms with E-state index < -0.39 is 14.2 Å². The maximum Gasteiger partial charge on any atom is 0.143 e. The Morgan fingerprint density at radius 2 is 1.94 bits per heavy atom. The third kappa shape index (κ3) is 3.34. The van der Waals surface area contributed by atoms with Crippen LogP contribution in [0.25, 0.3) is 0 Å². The highest BCUT2D eigenvalue weighted by Gasteiger charge is 2.34. The standard InChI is InChI=1S/C13H24O2Si/c1-13(2,3)16(4,5)10-8-12-11(14)7-6-9-15-12/h11-12,14H,6-7,9H2,1-5H3/t11-,12-/m1/s1. The minimum atomic E-state index is -1.57. The average molecular weight is 240 g/mol. The molecule has 0 unspecified atom stereocenters. The second-order valence-electron chi connectivity index (χ2n) is 6.15. The first-order chi connectivity index (χ1) is 7.24. The fourth-order valence-electron chi connectivity index (χ4n) is 1.34. The lowest BCUT2D eigenvalue weighted by atomic mass is 10.1. The molecule has 0 aromatic rings. The normalized spacial score (nSPS) is 27.1. The Hall–Kier alpha value is -0.303. The molecule has 92 valence electrons. The topological polar surface area (TPSA) is 29.5 Å². The molecule has 1 N–H and O–H groups in total. The van der Waals surface area contributed by atoms with Crippen LogP contribution in [0.2, 0.25) is 18.1 Å². The van der Waals surface area contributed by atoms with Crippen molar-refractivity contribution in [2.24, 2.45) is 0 Å². The van der Waals surface area contributed by atoms with Gasteiger partial charge in [0.1, 0.15) is 14.2 Å². The molecule has 1 aliphatic heterocycles. The Morgan fingerprint density at radius 3 is 2.44 bits per heavy atom. The number of rotatable bonds is 0. The van der Waals surface area contributed by atoms with E-state index >= 15 is 0 Å². The van der Waals surface area contributed by atoms with E-state index in [1.807, 2.05) is 0 Å². The first-order valence-electron chi connectivity index (χ1n) is 6.06. The Balaban J connectivity index is 2.72. The lowest BCUT2D eigenvalue weighted by Crippen LogP contribution is -2.37. The summed E-state index contributed by atoms with van der Waals surface area (Å²) in [6.45, 7) is 12.0. The van der Waals surface area contributed by atoms with Crippen molar-refractivity contribution in [1.29, 1.82) is 0 Å². The van der Waals surface area contributed by atoms with E-state index in [1.54, 1.807) is 0 Å². The first-order valence-corrected chi connectivity index (χ1v) is 9.06. The second-order valence-corrected chi connectivity index (χ2v) is 11.1. The van der Waals surface area contributed by atoms with Gasteiger partial charge in [0.15, 0.2) is 0 Å². The number of ether oxygens (including phenoxy) is 1. The van der Waals surface area contributed by atoms with Crippen molar-refractivity contribution < 1.29 is 9.84 Å². The molecule has 0 aliphatic carbocycles. The van der Waals surface area contributed by atoms with E-state index in [1.165, 1.54) is 0 Å². The van der Waals surface area contributed by atoms with Crippen LogP contribution in [0.5, 0.6) is 0 Å². The van der Waals surface area contributed by atoms with Crippen LogP contribution in [-0.2, 0) is 4.74 Å². The van der Waals surface area contributed by atoms with Crippen molar-refractivity contribution in [2.75, 3.05) is 6.61 Å². The summed E-state index contributed by atoms with van der Waals surface area (Å²) >= 11 is 0. The van der Waals surface area contributed by atoms with E-state index in [0.29, 0.717) is 0 Å². The molecule has 0 radical (unpaired) electrons. The summed E-state index contributed by atoms with van der Waals surface area (Å²) < 4.78 is 5.50. The van der Waals surface area contributed by atoms with Gasteiger partial charge in [-0.15, -0.1) is 5.54 Å². The Labute approximate surface area is 100 Å². The summed E-state index contributed by atoms with van der Waals surface area (Å²) in [4.78, 5) is 0. The lowest BCUT2D eigenvalue weighted by molar-refractivity contribution is -0.0433. The third-order valence-electron chi connectivity index (χ3n) is 3.69. The Kier molecular flexibility index (Phi) is 4.22. The Morgan fingerprint density at radius 1 is 1.31 bits per heavy atom. The van der Waals surface area contributed by atoms with Crippen molar-refractivity contribution in [1.82, 2.24) is 0 Å². The molecule has 3 heteroatoms. The largest absolute Gasteiger partial charge is 0.389 e. The zero-order valence-corrected chi connectivity index (χ0v) is 12.1. The van der Waals surface area contributed by atoms with Crippen LogP contribution in [0.3, 0.4) is 0 Å². The molecule has 1 aliphatic rings. The monoisotopic (exact) mass is 240 g/mol. The maximum absolute atomic E-state index is 9.76. The van der Waals surface area contributed by atoms with Crippen LogP contribution in [0, 0.1) is 11.5 Å². The van der Waals surface area contributed by atoms with Gasteiger partial charge >= 0.3 is 0 Å². The molecule has 0 bridgehead atoms. The summed E-state index contributed by atoms with van der Waals surface area (Å²) in [6.07, 6.45) is 1.10. The van der Waals surface area contributed by atoms with Gasteiger partial charge in [0.25, 0.3) is 0 Å². The highest BCUT2D eigenvalue weighted by molar-refractivity contribution is 6.87. The van der Waals surface area contributed by atoms with Gasteiger partial charge in [0.05, 0.1) is 6.10 Å². The summed E-state index contributed by atoms with van der Waals surface area (Å²) in [5, 5.41) is 10.0. The first kappa shape index (κ1) is 13.8. The predicted octanol–water partition coefficient (Wildman–Crippen LogP) is 2.58. The fourth-order valence-corrected chi connectivity index (χ4v) is 2.22. The third-order valence-corrected chi connectivity index (χ3v) is 8.21. The van der Waals surface area contributed by atoms with Crippen LogP contribution >= 0.6 is 0 Å². The molecule has 1 fully saturated rings. The van der Waals surface area contributed by atoms with Gasteiger partial charge in [-0.25, -0.2) is 0 Å². The number of hydrogen-bond donors (Lipinski definition) is 1. The average Bonchev–Trinajstić information content (AvgIpc) is 2.15. The molecule has 0 amide bonds. The number of aliphatic hydroxyl groups excluding tert-OH is 1. The summed E-state index contributed by atoms with van der Waals surface area (Å²) in [7, 11) is -1.57. The van der Waals surface area contributed by atoms with Gasteiger partial charge in [0.2, 0.25) is 0 Å². The van der Waals surface area contributed by atoms with E-state index in [0.717, 1.165) is 19.4 Å². The van der Waals surface area contributed by atoms with Gasteiger partial charge in [-0.2, -0.15) is 0 Å². The van der Waals surface area contributed by atoms with Crippen LogP contribution in [0.1, 0.15) is 33.6 Å². The van der Waals surface area contributed by atoms with Gasteiger partial charge in [-0.1, -0.05) is 39.8 Å². The maximum atomic E-state index is 9.76. The van der Waals surface area contributed by atoms with Gasteiger partial charge in [-0.3, -0.25) is 0 Å². The molecular formula is C13H24O2Si. The molecule has 1 rings (SSSR count). The van der Waals surface area contributed by atoms with Crippen molar-refractivity contribution in [3.8, 4) is 11.5 Å². The minimum Gasteiger partial charge on any atom is -0.389 e.